The average Bonchev–Trinajstić information content (AvgIpc) is 4.09. The molecule has 0 bridgehead atoms. The minimum atomic E-state index is -0.330. The lowest BCUT2D eigenvalue weighted by Gasteiger charge is -2.32. The summed E-state index contributed by atoms with van der Waals surface area (Å²) >= 11 is 0. The van der Waals surface area contributed by atoms with Crippen LogP contribution < -0.4 is 4.90 Å². The van der Waals surface area contributed by atoms with E-state index >= 15 is 0 Å². The molecule has 11 aromatic rings. The normalized spacial score (nSPS) is 15.4. The van der Waals surface area contributed by atoms with Crippen LogP contribution in [0.4, 0.5) is 17.1 Å². The van der Waals surface area contributed by atoms with Crippen LogP contribution in [-0.4, -0.2) is 0 Å². The Morgan fingerprint density at radius 2 is 0.868 bits per heavy atom. The first-order chi connectivity index (χ1) is 32.9. The van der Waals surface area contributed by atoms with E-state index in [4.69, 9.17) is 8.83 Å². The molecular formula is C65H51NO2. The van der Waals surface area contributed by atoms with E-state index in [1.165, 1.54) is 99.6 Å². The van der Waals surface area contributed by atoms with Crippen LogP contribution >= 0.6 is 0 Å². The molecule has 0 fully saturated rings. The van der Waals surface area contributed by atoms with Crippen molar-refractivity contribution in [2.75, 3.05) is 4.90 Å². The predicted octanol–water partition coefficient (Wildman–Crippen LogP) is 18.2. The molecule has 2 heterocycles. The molecule has 2 aromatic heterocycles. The highest BCUT2D eigenvalue weighted by Crippen LogP contribution is 2.64. The number of nitrogens with zero attached hydrogens (tertiary/aromatic N) is 1. The van der Waals surface area contributed by atoms with Gasteiger partial charge in [0.1, 0.15) is 22.3 Å². The molecule has 14 rings (SSSR count). The molecule has 0 atom stereocenters. The van der Waals surface area contributed by atoms with E-state index in [9.17, 15) is 0 Å². The fraction of sp³-hybridized carbons (Fsp3) is 0.169. The molecule has 3 heteroatoms. The maximum atomic E-state index is 7.04. The monoisotopic (exact) mass is 877 g/mol. The maximum Gasteiger partial charge on any atom is 0.144 e. The van der Waals surface area contributed by atoms with E-state index in [1.807, 2.05) is 0 Å². The van der Waals surface area contributed by atoms with E-state index in [-0.39, 0.29) is 16.2 Å². The van der Waals surface area contributed by atoms with Crippen LogP contribution in [0.15, 0.2) is 173 Å². The van der Waals surface area contributed by atoms with Gasteiger partial charge >= 0.3 is 0 Å². The van der Waals surface area contributed by atoms with Gasteiger partial charge in [-0.2, -0.15) is 0 Å². The Balaban J connectivity index is 0.989. The second kappa shape index (κ2) is 13.3. The Bertz CT molecular complexity index is 4040. The number of para-hydroxylation sites is 3. The molecule has 0 spiro atoms. The molecule has 68 heavy (non-hydrogen) atoms. The topological polar surface area (TPSA) is 29.5 Å². The predicted molar refractivity (Wildman–Crippen MR) is 283 cm³/mol. The number of rotatable bonds is 4. The summed E-state index contributed by atoms with van der Waals surface area (Å²) in [5.41, 5.74) is 27.1. The van der Waals surface area contributed by atoms with Gasteiger partial charge in [-0.05, 0) is 140 Å². The molecule has 3 aliphatic rings. The van der Waals surface area contributed by atoms with E-state index in [0.717, 1.165) is 50.3 Å². The smallest absolute Gasteiger partial charge is 0.144 e. The quantitative estimate of drug-likeness (QED) is 0.176. The zero-order valence-corrected chi connectivity index (χ0v) is 39.9. The lowest BCUT2D eigenvalue weighted by Crippen LogP contribution is -2.24. The van der Waals surface area contributed by atoms with Crippen LogP contribution in [0, 0.1) is 13.8 Å². The highest BCUT2D eigenvalue weighted by molar-refractivity contribution is 6.21. The molecule has 3 aliphatic carbocycles. The van der Waals surface area contributed by atoms with Crippen molar-refractivity contribution in [3.63, 3.8) is 0 Å². The van der Waals surface area contributed by atoms with Crippen LogP contribution in [-0.2, 0) is 16.2 Å². The Hall–Kier alpha value is -7.62. The summed E-state index contributed by atoms with van der Waals surface area (Å²) in [7, 11) is 0. The number of fused-ring (bicyclic) bond motifs is 19. The highest BCUT2D eigenvalue weighted by atomic mass is 16.3. The Labute approximate surface area is 397 Å². The number of hydrogen-bond donors (Lipinski definition) is 0. The van der Waals surface area contributed by atoms with Crippen LogP contribution in [0.25, 0.3) is 88.4 Å². The van der Waals surface area contributed by atoms with E-state index in [2.05, 4.69) is 224 Å². The summed E-state index contributed by atoms with van der Waals surface area (Å²) in [6.07, 6.45) is 0. The van der Waals surface area contributed by atoms with Gasteiger partial charge in [0.05, 0.1) is 0 Å². The van der Waals surface area contributed by atoms with Gasteiger partial charge < -0.3 is 13.7 Å². The molecule has 0 saturated carbocycles. The first-order valence-electron chi connectivity index (χ1n) is 24.2. The van der Waals surface area contributed by atoms with Gasteiger partial charge in [0.25, 0.3) is 0 Å². The van der Waals surface area contributed by atoms with E-state index < -0.39 is 0 Å². The summed E-state index contributed by atoms with van der Waals surface area (Å²) in [6, 6.07) is 60.6. The molecular weight excluding hydrogens is 827 g/mol. The molecule has 0 amide bonds. The van der Waals surface area contributed by atoms with Gasteiger partial charge in [-0.3, -0.25) is 0 Å². The number of anilines is 3. The zero-order valence-electron chi connectivity index (χ0n) is 39.9. The molecule has 0 N–H and O–H groups in total. The van der Waals surface area contributed by atoms with Crippen molar-refractivity contribution in [1.82, 2.24) is 0 Å². The largest absolute Gasteiger partial charge is 0.455 e. The van der Waals surface area contributed by atoms with Gasteiger partial charge in [-0.25, -0.2) is 0 Å². The zero-order chi connectivity index (χ0) is 46.2. The number of aryl methyl sites for hydroxylation is 2. The highest BCUT2D eigenvalue weighted by Gasteiger charge is 2.49. The van der Waals surface area contributed by atoms with Crippen molar-refractivity contribution in [3.8, 4) is 44.5 Å². The Kier molecular flexibility index (Phi) is 7.73. The maximum absolute atomic E-state index is 7.04. The van der Waals surface area contributed by atoms with Gasteiger partial charge in [0.2, 0.25) is 0 Å². The molecule has 0 unspecified atom stereocenters. The lowest BCUT2D eigenvalue weighted by atomic mass is 9.72. The van der Waals surface area contributed by atoms with E-state index in [0.29, 0.717) is 0 Å². The number of benzene rings is 9. The van der Waals surface area contributed by atoms with Gasteiger partial charge in [-0.1, -0.05) is 157 Å². The second-order valence-corrected chi connectivity index (χ2v) is 21.3. The third-order valence-corrected chi connectivity index (χ3v) is 16.5. The first-order valence-corrected chi connectivity index (χ1v) is 24.2. The second-order valence-electron chi connectivity index (χ2n) is 21.3. The van der Waals surface area contributed by atoms with Crippen molar-refractivity contribution < 1.29 is 8.83 Å². The molecule has 9 aromatic carbocycles. The Morgan fingerprint density at radius 1 is 0.368 bits per heavy atom. The first kappa shape index (κ1) is 39.5. The summed E-state index contributed by atoms with van der Waals surface area (Å²) in [6.45, 7) is 19.0. The standard InChI is InChI=1S/C65H51NO2/c1-36-19-9-11-21-40(36)46-35-50-54(56-44-23-13-17-27-52(44)67-61(46)56)42-31-29-38(33-48(42)63(50,3)4)66(51-26-16-10-20-37(51)2)39-30-32-43-49(34-39)65(7,8)60-58(43)62-57(45-24-14-18-28-53(45)68-62)55-41-22-12-15-25-47(41)64(5,6)59(55)60/h9-35H,1-8H3. The fourth-order valence-corrected chi connectivity index (χ4v) is 13.2. The van der Waals surface area contributed by atoms with Crippen LogP contribution in [0.3, 0.4) is 0 Å². The minimum Gasteiger partial charge on any atom is -0.455 e. The summed E-state index contributed by atoms with van der Waals surface area (Å²) < 4.78 is 13.9. The number of furan rings is 2. The summed E-state index contributed by atoms with van der Waals surface area (Å²) in [4.78, 5) is 2.50. The third kappa shape index (κ3) is 4.93. The van der Waals surface area contributed by atoms with E-state index in [1.54, 1.807) is 0 Å². The summed E-state index contributed by atoms with van der Waals surface area (Å²) in [5, 5.41) is 4.76. The number of hydrogen-bond acceptors (Lipinski definition) is 3. The minimum absolute atomic E-state index is 0.207. The van der Waals surface area contributed by atoms with Gasteiger partial charge in [0, 0.05) is 66.0 Å². The molecule has 0 radical (unpaired) electrons. The van der Waals surface area contributed by atoms with Crippen molar-refractivity contribution >= 4 is 60.9 Å². The van der Waals surface area contributed by atoms with Crippen LogP contribution in [0.2, 0.25) is 0 Å². The van der Waals surface area contributed by atoms with Gasteiger partial charge in [0.15, 0.2) is 0 Å². The van der Waals surface area contributed by atoms with Crippen molar-refractivity contribution in [1.29, 1.82) is 0 Å². The molecule has 3 nitrogen and oxygen atoms in total. The lowest BCUT2D eigenvalue weighted by molar-refractivity contribution is 0.600. The van der Waals surface area contributed by atoms with Gasteiger partial charge in [-0.15, -0.1) is 0 Å². The van der Waals surface area contributed by atoms with Crippen molar-refractivity contribution in [2.45, 2.75) is 71.6 Å². The van der Waals surface area contributed by atoms with Crippen LogP contribution in [0.1, 0.15) is 86.1 Å². The van der Waals surface area contributed by atoms with Crippen molar-refractivity contribution in [3.05, 3.63) is 208 Å². The van der Waals surface area contributed by atoms with Crippen molar-refractivity contribution in [2.24, 2.45) is 0 Å². The Morgan fingerprint density at radius 3 is 1.54 bits per heavy atom. The van der Waals surface area contributed by atoms with Crippen LogP contribution in [0.5, 0.6) is 0 Å². The SMILES string of the molecule is Cc1ccccc1-c1cc2c(c3c1oc1ccccc13)-c1ccc(N(c3ccc4c(c3)C(C)(C)c3c5c(c6c(oc7ccccc76)c3-4)-c3ccccc3C5(C)C)c3ccccc3C)cc1C2(C)C. The molecule has 0 aliphatic heterocycles. The average molecular weight is 878 g/mol. The fourth-order valence-electron chi connectivity index (χ4n) is 13.2. The molecule has 0 saturated heterocycles. The third-order valence-electron chi connectivity index (χ3n) is 16.5. The molecule has 328 valence electrons. The summed E-state index contributed by atoms with van der Waals surface area (Å²) in [5.74, 6) is 0.